The van der Waals surface area contributed by atoms with Gasteiger partial charge in [0.1, 0.15) is 5.75 Å². The van der Waals surface area contributed by atoms with Crippen LogP contribution in [0.1, 0.15) is 44.6 Å². The van der Waals surface area contributed by atoms with E-state index in [4.69, 9.17) is 9.47 Å². The van der Waals surface area contributed by atoms with E-state index in [1.165, 1.54) is 18.4 Å². The van der Waals surface area contributed by atoms with Gasteiger partial charge in [0.25, 0.3) is 0 Å². The lowest BCUT2D eigenvalue weighted by Crippen LogP contribution is -2.54. The molecule has 0 radical (unpaired) electrons. The molecule has 0 N–H and O–H groups in total. The lowest BCUT2D eigenvalue weighted by atomic mass is 9.73. The van der Waals surface area contributed by atoms with Gasteiger partial charge in [-0.15, -0.1) is 0 Å². The van der Waals surface area contributed by atoms with E-state index < -0.39 is 0 Å². The van der Waals surface area contributed by atoms with Crippen molar-refractivity contribution in [2.24, 2.45) is 5.41 Å². The highest BCUT2D eigenvalue weighted by Crippen LogP contribution is 2.39. The van der Waals surface area contributed by atoms with Gasteiger partial charge in [0.2, 0.25) is 5.91 Å². The quantitative estimate of drug-likeness (QED) is 0.700. The minimum atomic E-state index is 0.235. The van der Waals surface area contributed by atoms with Crippen LogP contribution in [0.5, 0.6) is 5.75 Å². The summed E-state index contributed by atoms with van der Waals surface area (Å²) in [6.45, 7) is 8.21. The second-order valence-electron chi connectivity index (χ2n) is 8.08. The number of piperidine rings is 2. The van der Waals surface area contributed by atoms with Crippen LogP contribution in [-0.4, -0.2) is 62.2 Å². The maximum Gasteiger partial charge on any atom is 0.222 e. The molecule has 0 saturated carbocycles. The second-order valence-corrected chi connectivity index (χ2v) is 8.08. The van der Waals surface area contributed by atoms with E-state index in [0.717, 1.165) is 51.4 Å². The van der Waals surface area contributed by atoms with Gasteiger partial charge in [0.15, 0.2) is 0 Å². The Bertz CT molecular complexity index is 621. The van der Waals surface area contributed by atoms with Gasteiger partial charge < -0.3 is 14.4 Å². The highest BCUT2D eigenvalue weighted by molar-refractivity contribution is 5.77. The van der Waals surface area contributed by atoms with Crippen LogP contribution in [0.3, 0.4) is 0 Å². The summed E-state index contributed by atoms with van der Waals surface area (Å²) in [7, 11) is 1.70. The summed E-state index contributed by atoms with van der Waals surface area (Å²) in [5.41, 5.74) is 1.50. The van der Waals surface area contributed by atoms with Crippen LogP contribution in [0.2, 0.25) is 0 Å². The zero-order valence-corrected chi connectivity index (χ0v) is 16.9. The van der Waals surface area contributed by atoms with E-state index >= 15 is 0 Å². The largest absolute Gasteiger partial charge is 0.493 e. The molecule has 1 atom stereocenters. The molecule has 1 amide bonds. The van der Waals surface area contributed by atoms with Gasteiger partial charge in [-0.25, -0.2) is 0 Å². The van der Waals surface area contributed by atoms with Gasteiger partial charge in [-0.3, -0.25) is 9.69 Å². The van der Waals surface area contributed by atoms with Crippen LogP contribution in [0, 0.1) is 5.41 Å². The maximum absolute atomic E-state index is 12.3. The fraction of sp³-hybridized carbons (Fsp3) is 0.682. The molecular formula is C22H34N2O3. The van der Waals surface area contributed by atoms with Crippen LogP contribution < -0.4 is 4.74 Å². The normalized spacial score (nSPS) is 23.8. The van der Waals surface area contributed by atoms with Crippen molar-refractivity contribution >= 4 is 5.91 Å². The summed E-state index contributed by atoms with van der Waals surface area (Å²) in [5.74, 6) is 1.30. The van der Waals surface area contributed by atoms with Crippen molar-refractivity contribution in [1.29, 1.82) is 0 Å². The first-order valence-corrected chi connectivity index (χ1v) is 10.4. The van der Waals surface area contributed by atoms with Crippen molar-refractivity contribution in [3.63, 3.8) is 0 Å². The number of benzene rings is 1. The van der Waals surface area contributed by atoms with Crippen molar-refractivity contribution in [1.82, 2.24) is 9.80 Å². The predicted molar refractivity (Wildman–Crippen MR) is 107 cm³/mol. The van der Waals surface area contributed by atoms with E-state index in [1.54, 1.807) is 7.11 Å². The first-order valence-electron chi connectivity index (χ1n) is 10.4. The number of ether oxygens (including phenoxy) is 2. The summed E-state index contributed by atoms with van der Waals surface area (Å²) in [4.78, 5) is 16.9. The summed E-state index contributed by atoms with van der Waals surface area (Å²) in [6.07, 6.45) is 5.12. The molecule has 150 valence electrons. The third-order valence-corrected chi connectivity index (χ3v) is 5.88. The highest BCUT2D eigenvalue weighted by atomic mass is 16.5. The molecule has 27 heavy (non-hydrogen) atoms. The Hall–Kier alpha value is -1.59. The second kappa shape index (κ2) is 9.56. The molecule has 5 heteroatoms. The average Bonchev–Trinajstić information content (AvgIpc) is 2.68. The number of hydrogen-bond donors (Lipinski definition) is 0. The van der Waals surface area contributed by atoms with E-state index in [-0.39, 0.29) is 11.3 Å². The number of para-hydroxylation sites is 1. The molecule has 2 aliphatic rings. The van der Waals surface area contributed by atoms with Gasteiger partial charge in [0, 0.05) is 50.7 Å². The molecule has 3 rings (SSSR count). The van der Waals surface area contributed by atoms with Crippen molar-refractivity contribution in [2.45, 2.75) is 45.6 Å². The molecule has 5 nitrogen and oxygen atoms in total. The molecule has 0 unspecified atom stereocenters. The number of hydrogen-bond acceptors (Lipinski definition) is 4. The standard InChI is InChI=1S/C22H34N2O3/c1-3-14-27-20-8-5-4-7-19(20)16-23-12-6-10-22(17-23)11-9-21(25)24(18-22)13-15-26-2/h4-5,7-8H,3,6,9-18H2,1-2H3/t22-/m0/s1. The van der Waals surface area contributed by atoms with E-state index in [2.05, 4.69) is 30.0 Å². The number of carbonyl (C=O) groups is 1. The molecular weight excluding hydrogens is 340 g/mol. The Morgan fingerprint density at radius 1 is 1.15 bits per heavy atom. The monoisotopic (exact) mass is 374 g/mol. The fourth-order valence-corrected chi connectivity index (χ4v) is 4.51. The van der Waals surface area contributed by atoms with Gasteiger partial charge in [0.05, 0.1) is 13.2 Å². The van der Waals surface area contributed by atoms with Crippen molar-refractivity contribution in [3.05, 3.63) is 29.8 Å². The maximum atomic E-state index is 12.3. The zero-order chi connectivity index (χ0) is 19.1. The van der Waals surface area contributed by atoms with Gasteiger partial charge in [-0.05, 0) is 38.3 Å². The molecule has 0 bridgehead atoms. The van der Waals surface area contributed by atoms with Gasteiger partial charge in [-0.2, -0.15) is 0 Å². The SMILES string of the molecule is CCCOc1ccccc1CN1CCC[C@]2(CCC(=O)N(CCOC)C2)C1. The lowest BCUT2D eigenvalue weighted by molar-refractivity contribution is -0.140. The molecule has 2 fully saturated rings. The average molecular weight is 375 g/mol. The van der Waals surface area contributed by atoms with Crippen molar-refractivity contribution in [3.8, 4) is 5.75 Å². The first-order chi connectivity index (χ1) is 13.2. The highest BCUT2D eigenvalue weighted by Gasteiger charge is 2.41. The molecule has 1 aromatic carbocycles. The van der Waals surface area contributed by atoms with Crippen LogP contribution in [-0.2, 0) is 16.1 Å². The van der Waals surface area contributed by atoms with Crippen molar-refractivity contribution < 1.29 is 14.3 Å². The lowest BCUT2D eigenvalue weighted by Gasteiger charge is -2.48. The minimum Gasteiger partial charge on any atom is -0.493 e. The van der Waals surface area contributed by atoms with Gasteiger partial charge >= 0.3 is 0 Å². The molecule has 2 saturated heterocycles. The number of carbonyl (C=O) groups excluding carboxylic acids is 1. The number of likely N-dealkylation sites (tertiary alicyclic amines) is 2. The Kier molecular flexibility index (Phi) is 7.13. The third-order valence-electron chi connectivity index (χ3n) is 5.88. The smallest absolute Gasteiger partial charge is 0.222 e. The van der Waals surface area contributed by atoms with E-state index in [0.29, 0.717) is 19.6 Å². The molecule has 2 heterocycles. The predicted octanol–water partition coefficient (Wildman–Crippen LogP) is 3.33. The number of amides is 1. The fourth-order valence-electron chi connectivity index (χ4n) is 4.51. The number of methoxy groups -OCH3 is 1. The van der Waals surface area contributed by atoms with Crippen LogP contribution in [0.25, 0.3) is 0 Å². The summed E-state index contributed by atoms with van der Waals surface area (Å²) in [6, 6.07) is 8.41. The Morgan fingerprint density at radius 3 is 2.81 bits per heavy atom. The van der Waals surface area contributed by atoms with Crippen molar-refractivity contribution in [2.75, 3.05) is 46.5 Å². The third kappa shape index (κ3) is 5.23. The van der Waals surface area contributed by atoms with Crippen LogP contribution in [0.15, 0.2) is 24.3 Å². The van der Waals surface area contributed by atoms with E-state index in [1.807, 2.05) is 11.0 Å². The summed E-state index contributed by atoms with van der Waals surface area (Å²) < 4.78 is 11.1. The number of nitrogens with zero attached hydrogens (tertiary/aromatic N) is 2. The Morgan fingerprint density at radius 2 is 2.00 bits per heavy atom. The summed E-state index contributed by atoms with van der Waals surface area (Å²) >= 11 is 0. The van der Waals surface area contributed by atoms with Crippen LogP contribution >= 0.6 is 0 Å². The molecule has 2 aliphatic heterocycles. The van der Waals surface area contributed by atoms with E-state index in [9.17, 15) is 4.79 Å². The molecule has 1 spiro atoms. The van der Waals surface area contributed by atoms with Crippen LogP contribution in [0.4, 0.5) is 0 Å². The Labute approximate surface area is 163 Å². The summed E-state index contributed by atoms with van der Waals surface area (Å²) in [5, 5.41) is 0. The first kappa shape index (κ1) is 20.2. The molecule has 0 aliphatic carbocycles. The minimum absolute atomic E-state index is 0.235. The number of rotatable bonds is 8. The Balaban J connectivity index is 1.65. The zero-order valence-electron chi connectivity index (χ0n) is 16.9. The van der Waals surface area contributed by atoms with Gasteiger partial charge in [-0.1, -0.05) is 25.1 Å². The molecule has 0 aromatic heterocycles. The molecule has 1 aromatic rings. The topological polar surface area (TPSA) is 42.0 Å².